The average molecular weight is 472 g/mol. The molecule has 3 rings (SSSR count). The molecule has 0 aliphatic carbocycles. The first-order valence-corrected chi connectivity index (χ1v) is 9.32. The van der Waals surface area contributed by atoms with Crippen molar-refractivity contribution in [1.82, 2.24) is 25.4 Å². The first kappa shape index (κ1) is 20.7. The van der Waals surface area contributed by atoms with E-state index in [-0.39, 0.29) is 24.0 Å². The highest BCUT2D eigenvalue weighted by molar-refractivity contribution is 14.0. The Balaban J connectivity index is 0.00000243. The lowest BCUT2D eigenvalue weighted by Gasteiger charge is -2.11. The van der Waals surface area contributed by atoms with Crippen LogP contribution in [0.2, 0.25) is 0 Å². The maximum absolute atomic E-state index is 5.32. The Morgan fingerprint density at radius 2 is 2.19 bits per heavy atom. The highest BCUT2D eigenvalue weighted by Crippen LogP contribution is 2.15. The first-order valence-electron chi connectivity index (χ1n) is 9.32. The minimum Gasteiger partial charge on any atom is -0.467 e. The van der Waals surface area contributed by atoms with Crippen LogP contribution in [0.1, 0.15) is 50.0 Å². The largest absolute Gasteiger partial charge is 0.467 e. The van der Waals surface area contributed by atoms with Crippen molar-refractivity contribution in [2.24, 2.45) is 4.99 Å². The molecule has 2 aromatic rings. The number of guanidine groups is 1. The van der Waals surface area contributed by atoms with Crippen LogP contribution in [-0.2, 0) is 25.9 Å². The second kappa shape index (κ2) is 11.2. The predicted octanol–water partition coefficient (Wildman–Crippen LogP) is 2.90. The molecule has 0 atom stereocenters. The fourth-order valence-electron chi connectivity index (χ4n) is 3.08. The van der Waals surface area contributed by atoms with Crippen LogP contribution in [0.15, 0.2) is 27.8 Å². The number of halogens is 1. The van der Waals surface area contributed by atoms with Crippen molar-refractivity contribution in [2.75, 3.05) is 13.1 Å². The summed E-state index contributed by atoms with van der Waals surface area (Å²) >= 11 is 0. The van der Waals surface area contributed by atoms with Gasteiger partial charge in [0.15, 0.2) is 5.96 Å². The van der Waals surface area contributed by atoms with Gasteiger partial charge in [0.05, 0.1) is 6.26 Å². The van der Waals surface area contributed by atoms with Crippen molar-refractivity contribution < 1.29 is 4.42 Å². The quantitative estimate of drug-likeness (QED) is 0.281. The molecule has 2 N–H and O–H groups in total. The van der Waals surface area contributed by atoms with E-state index < -0.39 is 0 Å². The average Bonchev–Trinajstić information content (AvgIpc) is 3.21. The minimum absolute atomic E-state index is 0. The number of nitrogens with one attached hydrogen (secondary N) is 2. The van der Waals surface area contributed by atoms with E-state index in [0.717, 1.165) is 62.3 Å². The van der Waals surface area contributed by atoms with Crippen LogP contribution < -0.4 is 10.6 Å². The SMILES string of the molecule is CCNC(=NCc1ccco1)NCCCc1nnc2n1CCCCC2.I. The highest BCUT2D eigenvalue weighted by atomic mass is 127. The molecule has 0 radical (unpaired) electrons. The summed E-state index contributed by atoms with van der Waals surface area (Å²) in [6, 6.07) is 3.82. The Kier molecular flexibility index (Phi) is 8.93. The van der Waals surface area contributed by atoms with Crippen LogP contribution in [0.4, 0.5) is 0 Å². The summed E-state index contributed by atoms with van der Waals surface area (Å²) in [5.74, 6) is 3.97. The smallest absolute Gasteiger partial charge is 0.191 e. The van der Waals surface area contributed by atoms with Gasteiger partial charge in [-0.3, -0.25) is 0 Å². The maximum Gasteiger partial charge on any atom is 0.191 e. The molecule has 0 bridgehead atoms. The van der Waals surface area contributed by atoms with E-state index in [1.165, 1.54) is 19.3 Å². The normalized spacial score (nSPS) is 14.3. The zero-order valence-electron chi connectivity index (χ0n) is 15.4. The molecular formula is C18H29IN6O. The number of fused-ring (bicyclic) bond motifs is 1. The van der Waals surface area contributed by atoms with Gasteiger partial charge in [-0.05, 0) is 38.3 Å². The fourth-order valence-corrected chi connectivity index (χ4v) is 3.08. The van der Waals surface area contributed by atoms with Crippen LogP contribution in [0.25, 0.3) is 0 Å². The van der Waals surface area contributed by atoms with E-state index in [0.29, 0.717) is 6.54 Å². The lowest BCUT2D eigenvalue weighted by atomic mass is 10.2. The van der Waals surface area contributed by atoms with E-state index in [9.17, 15) is 0 Å². The highest BCUT2D eigenvalue weighted by Gasteiger charge is 2.14. The molecule has 3 heterocycles. The second-order valence-electron chi connectivity index (χ2n) is 6.30. The van der Waals surface area contributed by atoms with Gasteiger partial charge in [0.2, 0.25) is 0 Å². The molecule has 0 amide bonds. The van der Waals surface area contributed by atoms with E-state index in [4.69, 9.17) is 4.42 Å². The van der Waals surface area contributed by atoms with Gasteiger partial charge in [0.25, 0.3) is 0 Å². The number of aliphatic imine (C=N–C) groups is 1. The summed E-state index contributed by atoms with van der Waals surface area (Å²) in [4.78, 5) is 4.54. The standard InChI is InChI=1S/C18H28N6O.HI/c1-2-19-18(21-14-15-8-7-13-25-15)20-11-6-10-17-23-22-16-9-4-3-5-12-24(16)17;/h7-8,13H,2-6,9-12,14H2,1H3,(H2,19,20,21);1H. The zero-order chi connectivity index (χ0) is 17.3. The molecule has 0 spiro atoms. The molecule has 144 valence electrons. The van der Waals surface area contributed by atoms with Gasteiger partial charge in [-0.15, -0.1) is 34.2 Å². The summed E-state index contributed by atoms with van der Waals surface area (Å²) in [6.07, 6.45) is 8.45. The molecule has 2 aromatic heterocycles. The van der Waals surface area contributed by atoms with Gasteiger partial charge < -0.3 is 19.6 Å². The van der Waals surface area contributed by atoms with Crippen molar-refractivity contribution in [2.45, 2.75) is 58.5 Å². The zero-order valence-corrected chi connectivity index (χ0v) is 17.7. The third-order valence-electron chi connectivity index (χ3n) is 4.37. The molecule has 7 nitrogen and oxygen atoms in total. The van der Waals surface area contributed by atoms with Gasteiger partial charge in [-0.2, -0.15) is 0 Å². The third kappa shape index (κ3) is 6.00. The Morgan fingerprint density at radius 3 is 3.00 bits per heavy atom. The van der Waals surface area contributed by atoms with E-state index >= 15 is 0 Å². The van der Waals surface area contributed by atoms with Crippen LogP contribution in [0.5, 0.6) is 0 Å². The number of aryl methyl sites for hydroxylation is 2. The number of rotatable bonds is 7. The monoisotopic (exact) mass is 472 g/mol. The van der Waals surface area contributed by atoms with Crippen LogP contribution in [-0.4, -0.2) is 33.8 Å². The molecule has 0 saturated heterocycles. The Labute approximate surface area is 172 Å². The fraction of sp³-hybridized carbons (Fsp3) is 0.611. The molecule has 0 fully saturated rings. The molecule has 8 heteroatoms. The minimum atomic E-state index is 0. The number of aromatic nitrogens is 3. The third-order valence-corrected chi connectivity index (χ3v) is 4.37. The number of nitrogens with zero attached hydrogens (tertiary/aromatic N) is 4. The maximum atomic E-state index is 5.32. The van der Waals surface area contributed by atoms with Gasteiger partial charge in [0.1, 0.15) is 24.0 Å². The molecule has 1 aliphatic rings. The molecule has 0 saturated carbocycles. The molecule has 0 aromatic carbocycles. The summed E-state index contributed by atoms with van der Waals surface area (Å²) < 4.78 is 7.64. The van der Waals surface area contributed by atoms with Gasteiger partial charge in [-0.25, -0.2) is 4.99 Å². The summed E-state index contributed by atoms with van der Waals surface area (Å²) in [6.45, 7) is 5.36. The second-order valence-corrected chi connectivity index (χ2v) is 6.30. The molecule has 0 unspecified atom stereocenters. The van der Waals surface area contributed by atoms with Crippen molar-refractivity contribution in [1.29, 1.82) is 0 Å². The van der Waals surface area contributed by atoms with Crippen molar-refractivity contribution >= 4 is 29.9 Å². The van der Waals surface area contributed by atoms with Gasteiger partial charge in [-0.1, -0.05) is 6.42 Å². The Bertz CT molecular complexity index is 667. The van der Waals surface area contributed by atoms with E-state index in [2.05, 4.69) is 37.3 Å². The summed E-state index contributed by atoms with van der Waals surface area (Å²) in [5, 5.41) is 15.4. The van der Waals surface area contributed by atoms with Crippen LogP contribution >= 0.6 is 24.0 Å². The number of hydrogen-bond donors (Lipinski definition) is 2. The van der Waals surface area contributed by atoms with Crippen LogP contribution in [0, 0.1) is 0 Å². The Hall–Kier alpha value is -1.58. The van der Waals surface area contributed by atoms with E-state index in [1.54, 1.807) is 6.26 Å². The van der Waals surface area contributed by atoms with Gasteiger partial charge in [0, 0.05) is 32.5 Å². The first-order chi connectivity index (χ1) is 12.4. The van der Waals surface area contributed by atoms with Crippen molar-refractivity contribution in [3.05, 3.63) is 35.8 Å². The topological polar surface area (TPSA) is 80.3 Å². The van der Waals surface area contributed by atoms with Crippen LogP contribution in [0.3, 0.4) is 0 Å². The predicted molar refractivity (Wildman–Crippen MR) is 113 cm³/mol. The van der Waals surface area contributed by atoms with Gasteiger partial charge >= 0.3 is 0 Å². The molecular weight excluding hydrogens is 443 g/mol. The molecule has 1 aliphatic heterocycles. The number of furan rings is 1. The summed E-state index contributed by atoms with van der Waals surface area (Å²) in [7, 11) is 0. The lowest BCUT2D eigenvalue weighted by molar-refractivity contribution is 0.512. The Morgan fingerprint density at radius 1 is 1.27 bits per heavy atom. The van der Waals surface area contributed by atoms with Crippen molar-refractivity contribution in [3.63, 3.8) is 0 Å². The summed E-state index contributed by atoms with van der Waals surface area (Å²) in [5.41, 5.74) is 0. The van der Waals surface area contributed by atoms with E-state index in [1.807, 2.05) is 12.1 Å². The van der Waals surface area contributed by atoms with Crippen molar-refractivity contribution in [3.8, 4) is 0 Å². The lowest BCUT2D eigenvalue weighted by Crippen LogP contribution is -2.37. The molecule has 26 heavy (non-hydrogen) atoms. The number of hydrogen-bond acceptors (Lipinski definition) is 4.